The molecule has 0 saturated heterocycles. The van der Waals surface area contributed by atoms with E-state index < -0.39 is 0 Å². The van der Waals surface area contributed by atoms with E-state index in [2.05, 4.69) is 70.8 Å². The first-order valence-corrected chi connectivity index (χ1v) is 7.36. The lowest BCUT2D eigenvalue weighted by atomic mass is 9.84. The molecule has 0 heterocycles. The summed E-state index contributed by atoms with van der Waals surface area (Å²) in [6.07, 6.45) is 0. The molecule has 1 rings (SSSR count). The highest BCUT2D eigenvalue weighted by Crippen LogP contribution is 2.29. The van der Waals surface area contributed by atoms with Gasteiger partial charge >= 0.3 is 0 Å². The Morgan fingerprint density at radius 1 is 1.12 bits per heavy atom. The average Bonchev–Trinajstić information content (AvgIpc) is 2.25. The smallest absolute Gasteiger partial charge is 0.0998 e. The van der Waals surface area contributed by atoms with Crippen molar-refractivity contribution in [1.29, 1.82) is 5.26 Å². The minimum Gasteiger partial charge on any atom is -0.192 e. The van der Waals surface area contributed by atoms with Crippen LogP contribution in [0.15, 0.2) is 12.1 Å². The van der Waals surface area contributed by atoms with Crippen molar-refractivity contribution >= 4 is 31.9 Å². The van der Waals surface area contributed by atoms with E-state index in [9.17, 15) is 0 Å². The van der Waals surface area contributed by atoms with Crippen LogP contribution in [0, 0.1) is 11.3 Å². The van der Waals surface area contributed by atoms with Gasteiger partial charge < -0.3 is 0 Å². The zero-order valence-corrected chi connectivity index (χ0v) is 12.9. The SMILES string of the molecule is CC(C)(C)c1cc(CBr)c(C#N)c(CBr)c1. The van der Waals surface area contributed by atoms with Gasteiger partial charge in [0.15, 0.2) is 0 Å². The summed E-state index contributed by atoms with van der Waals surface area (Å²) in [6, 6.07) is 6.53. The van der Waals surface area contributed by atoms with Gasteiger partial charge in [0.25, 0.3) is 0 Å². The van der Waals surface area contributed by atoms with E-state index in [4.69, 9.17) is 5.26 Å². The number of nitrogens with zero attached hydrogens (tertiary/aromatic N) is 1. The predicted molar refractivity (Wildman–Crippen MR) is 75.1 cm³/mol. The Bertz CT molecular complexity index is 400. The lowest BCUT2D eigenvalue weighted by molar-refractivity contribution is 0.589. The Hall–Kier alpha value is -0.330. The van der Waals surface area contributed by atoms with Gasteiger partial charge in [-0.2, -0.15) is 5.26 Å². The third kappa shape index (κ3) is 2.87. The lowest BCUT2D eigenvalue weighted by Crippen LogP contribution is -2.13. The van der Waals surface area contributed by atoms with Crippen LogP contribution >= 0.6 is 31.9 Å². The van der Waals surface area contributed by atoms with Gasteiger partial charge in [-0.1, -0.05) is 64.8 Å². The Morgan fingerprint density at radius 2 is 1.56 bits per heavy atom. The van der Waals surface area contributed by atoms with Crippen LogP contribution in [0.1, 0.15) is 43.0 Å². The summed E-state index contributed by atoms with van der Waals surface area (Å²) < 4.78 is 0. The van der Waals surface area contributed by atoms with Gasteiger partial charge in [-0.15, -0.1) is 0 Å². The van der Waals surface area contributed by atoms with E-state index in [-0.39, 0.29) is 5.41 Å². The first-order chi connectivity index (χ1) is 7.43. The normalized spacial score (nSPS) is 11.2. The minimum atomic E-state index is 0.113. The molecule has 3 heteroatoms. The summed E-state index contributed by atoms with van der Waals surface area (Å²) in [4.78, 5) is 0. The van der Waals surface area contributed by atoms with Gasteiger partial charge in [-0.3, -0.25) is 0 Å². The molecular formula is C13H15Br2N. The van der Waals surface area contributed by atoms with Gasteiger partial charge in [-0.25, -0.2) is 0 Å². The standard InChI is InChI=1S/C13H15Br2N/c1-13(2,3)11-4-9(6-14)12(8-16)10(5-11)7-15/h4-5H,6-7H2,1-3H3. The Balaban J connectivity index is 3.45. The van der Waals surface area contributed by atoms with Crippen molar-refractivity contribution in [2.45, 2.75) is 36.8 Å². The maximum absolute atomic E-state index is 9.16. The van der Waals surface area contributed by atoms with Crippen LogP contribution in [0.5, 0.6) is 0 Å². The van der Waals surface area contributed by atoms with Crippen molar-refractivity contribution in [1.82, 2.24) is 0 Å². The van der Waals surface area contributed by atoms with Gasteiger partial charge in [-0.05, 0) is 22.1 Å². The van der Waals surface area contributed by atoms with E-state index in [1.54, 1.807) is 0 Å². The molecule has 1 aromatic carbocycles. The number of nitriles is 1. The molecule has 0 unspecified atom stereocenters. The van der Waals surface area contributed by atoms with Crippen LogP contribution in [0.4, 0.5) is 0 Å². The lowest BCUT2D eigenvalue weighted by Gasteiger charge is -2.21. The monoisotopic (exact) mass is 343 g/mol. The van der Waals surface area contributed by atoms with Gasteiger partial charge in [0.2, 0.25) is 0 Å². The molecule has 0 radical (unpaired) electrons. The molecule has 16 heavy (non-hydrogen) atoms. The topological polar surface area (TPSA) is 23.8 Å². The molecule has 1 aromatic rings. The summed E-state index contributed by atoms with van der Waals surface area (Å²) in [5.74, 6) is 0. The van der Waals surface area contributed by atoms with E-state index in [0.717, 1.165) is 27.4 Å². The molecule has 0 aliphatic heterocycles. The van der Waals surface area contributed by atoms with Crippen LogP contribution in [-0.4, -0.2) is 0 Å². The maximum atomic E-state index is 9.16. The van der Waals surface area contributed by atoms with Gasteiger partial charge in [0.05, 0.1) is 11.6 Å². The summed E-state index contributed by atoms with van der Waals surface area (Å²) in [6.45, 7) is 6.55. The fourth-order valence-corrected chi connectivity index (χ4v) is 2.44. The van der Waals surface area contributed by atoms with Crippen molar-refractivity contribution < 1.29 is 0 Å². The second-order valence-corrected chi connectivity index (χ2v) is 5.92. The number of rotatable bonds is 2. The third-order valence-electron chi connectivity index (χ3n) is 2.57. The van der Waals surface area contributed by atoms with E-state index in [1.165, 1.54) is 5.56 Å². The third-order valence-corrected chi connectivity index (χ3v) is 3.78. The quantitative estimate of drug-likeness (QED) is 0.716. The molecule has 0 aromatic heterocycles. The van der Waals surface area contributed by atoms with Gasteiger partial charge in [0, 0.05) is 10.7 Å². The first-order valence-electron chi connectivity index (χ1n) is 5.12. The molecule has 0 fully saturated rings. The molecule has 0 N–H and O–H groups in total. The summed E-state index contributed by atoms with van der Waals surface area (Å²) >= 11 is 6.89. The van der Waals surface area contributed by atoms with Crippen LogP contribution < -0.4 is 0 Å². The van der Waals surface area contributed by atoms with Crippen molar-refractivity contribution in [3.05, 3.63) is 34.4 Å². The second kappa shape index (κ2) is 5.33. The number of hydrogen-bond acceptors (Lipinski definition) is 1. The molecule has 1 nitrogen and oxygen atoms in total. The molecule has 0 bridgehead atoms. The highest BCUT2D eigenvalue weighted by atomic mass is 79.9. The van der Waals surface area contributed by atoms with E-state index in [0.29, 0.717) is 0 Å². The minimum absolute atomic E-state index is 0.113. The molecule has 86 valence electrons. The predicted octanol–water partition coefficient (Wildman–Crippen LogP) is 4.65. The zero-order chi connectivity index (χ0) is 12.3. The maximum Gasteiger partial charge on any atom is 0.0998 e. The second-order valence-electron chi connectivity index (χ2n) is 4.80. The Labute approximate surface area is 114 Å². The number of alkyl halides is 2. The average molecular weight is 345 g/mol. The Kier molecular flexibility index (Phi) is 4.58. The number of halogens is 2. The summed E-state index contributed by atoms with van der Waals surface area (Å²) in [5, 5.41) is 10.6. The fraction of sp³-hybridized carbons (Fsp3) is 0.462. The van der Waals surface area contributed by atoms with Gasteiger partial charge in [0.1, 0.15) is 0 Å². The van der Waals surface area contributed by atoms with Crippen molar-refractivity contribution in [2.75, 3.05) is 0 Å². The van der Waals surface area contributed by atoms with E-state index in [1.807, 2.05) is 0 Å². The molecule has 0 saturated carbocycles. The molecule has 0 spiro atoms. The largest absolute Gasteiger partial charge is 0.192 e. The summed E-state index contributed by atoms with van der Waals surface area (Å²) in [7, 11) is 0. The highest BCUT2D eigenvalue weighted by Gasteiger charge is 2.17. The van der Waals surface area contributed by atoms with Crippen LogP contribution in [0.2, 0.25) is 0 Å². The molecule has 0 aliphatic carbocycles. The highest BCUT2D eigenvalue weighted by molar-refractivity contribution is 9.08. The Morgan fingerprint density at radius 3 is 1.81 bits per heavy atom. The van der Waals surface area contributed by atoms with Crippen LogP contribution in [0.25, 0.3) is 0 Å². The fourth-order valence-electron chi connectivity index (χ4n) is 1.56. The van der Waals surface area contributed by atoms with Crippen molar-refractivity contribution in [3.63, 3.8) is 0 Å². The van der Waals surface area contributed by atoms with Crippen molar-refractivity contribution in [2.24, 2.45) is 0 Å². The zero-order valence-electron chi connectivity index (χ0n) is 9.77. The molecule has 0 amide bonds. The summed E-state index contributed by atoms with van der Waals surface area (Å²) in [5.41, 5.74) is 4.33. The molecular weight excluding hydrogens is 330 g/mol. The first kappa shape index (κ1) is 13.7. The van der Waals surface area contributed by atoms with Crippen molar-refractivity contribution in [3.8, 4) is 6.07 Å². The van der Waals surface area contributed by atoms with E-state index >= 15 is 0 Å². The number of hydrogen-bond donors (Lipinski definition) is 0. The molecule has 0 aliphatic rings. The number of benzene rings is 1. The van der Waals surface area contributed by atoms with Crippen LogP contribution in [0.3, 0.4) is 0 Å². The van der Waals surface area contributed by atoms with Crippen LogP contribution in [-0.2, 0) is 16.1 Å². The molecule has 0 atom stereocenters.